The third-order valence-corrected chi connectivity index (χ3v) is 3.63. The normalized spacial score (nSPS) is 14.1. The number of aromatic nitrogens is 2. The molecule has 8 nitrogen and oxygen atoms in total. The van der Waals surface area contributed by atoms with Crippen LogP contribution in [0, 0.1) is 10.1 Å². The van der Waals surface area contributed by atoms with Crippen molar-refractivity contribution in [2.45, 2.75) is 18.9 Å². The number of nitro groups is 1. The van der Waals surface area contributed by atoms with E-state index in [1.807, 2.05) is 0 Å². The molecule has 0 spiro atoms. The molecule has 1 aromatic carbocycles. The van der Waals surface area contributed by atoms with Crippen LogP contribution in [0.4, 0.5) is 20.3 Å². The number of nitrogens with zero attached hydrogens (tertiary/aromatic N) is 4. The minimum absolute atomic E-state index is 0.0860. The molecule has 0 unspecified atom stereocenters. The van der Waals surface area contributed by atoms with Crippen LogP contribution in [0.5, 0.6) is 0 Å². The van der Waals surface area contributed by atoms with Gasteiger partial charge in [0.2, 0.25) is 0 Å². The number of fused-ring (bicyclic) bond motifs is 1. The van der Waals surface area contributed by atoms with E-state index in [4.69, 9.17) is 5.11 Å². The molecule has 25 heavy (non-hydrogen) atoms. The number of hydrogen-bond donors (Lipinski definition) is 2. The van der Waals surface area contributed by atoms with Gasteiger partial charge in [-0.1, -0.05) is 6.58 Å². The van der Waals surface area contributed by atoms with Crippen molar-refractivity contribution >= 4 is 22.3 Å². The molecule has 0 aliphatic carbocycles. The molecule has 0 atom stereocenters. The maximum Gasteiger partial charge on any atom is 0.357 e. The van der Waals surface area contributed by atoms with Gasteiger partial charge in [0.15, 0.2) is 11.6 Å². The summed E-state index contributed by atoms with van der Waals surface area (Å²) in [4.78, 5) is 12.5. The Bertz CT molecular complexity index is 788. The maximum atomic E-state index is 11.3. The second-order valence-corrected chi connectivity index (χ2v) is 5.46. The SMILES string of the molecule is C=C(O)C(N)(F)F.O=[N+]([O-])c1ccc2c(N3CCCC3)nncc2c1. The summed E-state index contributed by atoms with van der Waals surface area (Å²) in [5.41, 5.74) is 4.08. The highest BCUT2D eigenvalue weighted by Crippen LogP contribution is 2.28. The predicted molar refractivity (Wildman–Crippen MR) is 88.5 cm³/mol. The summed E-state index contributed by atoms with van der Waals surface area (Å²) in [5.74, 6) is -0.479. The van der Waals surface area contributed by atoms with Crippen LogP contribution in [0.25, 0.3) is 10.8 Å². The molecule has 0 amide bonds. The third-order valence-electron chi connectivity index (χ3n) is 3.63. The van der Waals surface area contributed by atoms with Crippen molar-refractivity contribution in [3.05, 3.63) is 46.8 Å². The number of aliphatic hydroxyl groups excluding tert-OH is 1. The fourth-order valence-corrected chi connectivity index (χ4v) is 2.34. The molecule has 0 bridgehead atoms. The van der Waals surface area contributed by atoms with E-state index in [0.717, 1.165) is 42.5 Å². The Balaban J connectivity index is 0.000000277. The first-order valence-corrected chi connectivity index (χ1v) is 7.40. The van der Waals surface area contributed by atoms with Crippen molar-refractivity contribution in [3.8, 4) is 0 Å². The molecule has 3 rings (SSSR count). The molecule has 3 N–H and O–H groups in total. The van der Waals surface area contributed by atoms with E-state index in [1.54, 1.807) is 18.3 Å². The number of nitro benzene ring substituents is 1. The number of alkyl halides is 2. The first-order valence-electron chi connectivity index (χ1n) is 7.40. The highest BCUT2D eigenvalue weighted by molar-refractivity contribution is 5.92. The van der Waals surface area contributed by atoms with Crippen LogP contribution in [-0.4, -0.2) is 39.4 Å². The lowest BCUT2D eigenvalue weighted by Gasteiger charge is -2.17. The lowest BCUT2D eigenvalue weighted by molar-refractivity contribution is -0.384. The zero-order chi connectivity index (χ0) is 18.6. The van der Waals surface area contributed by atoms with Crippen molar-refractivity contribution in [2.75, 3.05) is 18.0 Å². The number of hydrogen-bond acceptors (Lipinski definition) is 7. The molecular weight excluding hydrogens is 336 g/mol. The molecule has 10 heteroatoms. The van der Waals surface area contributed by atoms with Gasteiger partial charge in [-0.2, -0.15) is 13.9 Å². The average Bonchev–Trinajstić information content (AvgIpc) is 3.07. The number of benzene rings is 1. The Labute approximate surface area is 141 Å². The standard InChI is InChI=1S/C12H12N4O2.C3H5F2NO/c17-16(18)10-3-4-11-9(7-10)8-13-14-12(11)15-5-1-2-6-15;1-2(7)3(4,5)6/h3-4,7-8H,1-2,5-6H2;7H,1,6H2. The Morgan fingerprint density at radius 2 is 2.00 bits per heavy atom. The summed E-state index contributed by atoms with van der Waals surface area (Å²) >= 11 is 0. The largest absolute Gasteiger partial charge is 0.506 e. The molecule has 0 radical (unpaired) electrons. The van der Waals surface area contributed by atoms with Gasteiger partial charge < -0.3 is 10.0 Å². The first-order chi connectivity index (χ1) is 11.7. The van der Waals surface area contributed by atoms with Gasteiger partial charge >= 0.3 is 6.05 Å². The van der Waals surface area contributed by atoms with E-state index in [9.17, 15) is 18.9 Å². The molecule has 134 valence electrons. The fourth-order valence-electron chi connectivity index (χ4n) is 2.34. The molecule has 1 aromatic heterocycles. The minimum atomic E-state index is -3.64. The Morgan fingerprint density at radius 1 is 1.40 bits per heavy atom. The van der Waals surface area contributed by atoms with Crippen molar-refractivity contribution in [3.63, 3.8) is 0 Å². The number of halogens is 2. The summed E-state index contributed by atoms with van der Waals surface area (Å²) in [7, 11) is 0. The van der Waals surface area contributed by atoms with E-state index in [2.05, 4.69) is 27.4 Å². The van der Waals surface area contributed by atoms with E-state index in [1.165, 1.54) is 6.07 Å². The molecule has 1 fully saturated rings. The number of rotatable bonds is 3. The average molecular weight is 353 g/mol. The first kappa shape index (κ1) is 18.5. The van der Waals surface area contributed by atoms with Crippen LogP contribution in [0.3, 0.4) is 0 Å². The quantitative estimate of drug-likeness (QED) is 0.377. The molecule has 2 heterocycles. The molecule has 1 saturated heterocycles. The lowest BCUT2D eigenvalue weighted by Crippen LogP contribution is -2.29. The summed E-state index contributed by atoms with van der Waals surface area (Å²) in [5, 5.41) is 28.4. The van der Waals surface area contributed by atoms with E-state index in [0.29, 0.717) is 0 Å². The van der Waals surface area contributed by atoms with Crippen molar-refractivity contribution < 1.29 is 18.8 Å². The van der Waals surface area contributed by atoms with Gasteiger partial charge in [-0.15, -0.1) is 5.10 Å². The van der Waals surface area contributed by atoms with Crippen molar-refractivity contribution in [2.24, 2.45) is 5.73 Å². The zero-order valence-electron chi connectivity index (χ0n) is 13.2. The monoisotopic (exact) mass is 353 g/mol. The lowest BCUT2D eigenvalue weighted by atomic mass is 10.1. The van der Waals surface area contributed by atoms with E-state index in [-0.39, 0.29) is 5.69 Å². The molecule has 1 aliphatic heterocycles. The topological polar surface area (TPSA) is 118 Å². The van der Waals surface area contributed by atoms with Gasteiger partial charge in [-0.3, -0.25) is 15.8 Å². The predicted octanol–water partition coefficient (Wildman–Crippen LogP) is 2.75. The highest BCUT2D eigenvalue weighted by Gasteiger charge is 2.25. The summed E-state index contributed by atoms with van der Waals surface area (Å²) in [6.45, 7) is 4.46. The minimum Gasteiger partial charge on any atom is -0.506 e. The number of aliphatic hydroxyl groups is 1. The van der Waals surface area contributed by atoms with E-state index < -0.39 is 16.7 Å². The number of anilines is 1. The van der Waals surface area contributed by atoms with Crippen LogP contribution in [0.15, 0.2) is 36.7 Å². The van der Waals surface area contributed by atoms with Crippen molar-refractivity contribution in [1.82, 2.24) is 10.2 Å². The van der Waals surface area contributed by atoms with Gasteiger partial charge in [0.05, 0.1) is 11.1 Å². The molecular formula is C15H17F2N5O3. The summed E-state index contributed by atoms with van der Waals surface area (Å²) < 4.78 is 22.5. The second-order valence-electron chi connectivity index (χ2n) is 5.46. The van der Waals surface area contributed by atoms with Crippen LogP contribution >= 0.6 is 0 Å². The smallest absolute Gasteiger partial charge is 0.357 e. The van der Waals surface area contributed by atoms with Crippen LogP contribution < -0.4 is 10.6 Å². The Kier molecular flexibility index (Phi) is 5.42. The summed E-state index contributed by atoms with van der Waals surface area (Å²) in [6.07, 6.45) is 3.89. The van der Waals surface area contributed by atoms with E-state index >= 15 is 0 Å². The van der Waals surface area contributed by atoms with Crippen LogP contribution in [-0.2, 0) is 0 Å². The highest BCUT2D eigenvalue weighted by atomic mass is 19.3. The van der Waals surface area contributed by atoms with Gasteiger partial charge in [0, 0.05) is 36.0 Å². The fraction of sp³-hybridized carbons (Fsp3) is 0.333. The van der Waals surface area contributed by atoms with Crippen LogP contribution in [0.2, 0.25) is 0 Å². The molecule has 0 saturated carbocycles. The maximum absolute atomic E-state index is 11.3. The van der Waals surface area contributed by atoms with Gasteiger partial charge in [-0.05, 0) is 18.9 Å². The van der Waals surface area contributed by atoms with Crippen molar-refractivity contribution in [1.29, 1.82) is 0 Å². The second kappa shape index (κ2) is 7.34. The molecule has 2 aromatic rings. The molecule has 1 aliphatic rings. The number of nitrogens with two attached hydrogens (primary N) is 1. The third kappa shape index (κ3) is 4.57. The van der Waals surface area contributed by atoms with Gasteiger partial charge in [0.1, 0.15) is 0 Å². The Morgan fingerprint density at radius 3 is 2.52 bits per heavy atom. The number of non-ortho nitro benzene ring substituents is 1. The Hall–Kier alpha value is -2.88. The van der Waals surface area contributed by atoms with Gasteiger partial charge in [0.25, 0.3) is 5.69 Å². The van der Waals surface area contributed by atoms with Crippen LogP contribution in [0.1, 0.15) is 12.8 Å². The summed E-state index contributed by atoms with van der Waals surface area (Å²) in [6, 6.07) is 1.18. The van der Waals surface area contributed by atoms with Gasteiger partial charge in [-0.25, -0.2) is 0 Å². The zero-order valence-corrected chi connectivity index (χ0v) is 13.2.